The molecule has 0 amide bonds. The molecule has 0 saturated heterocycles. The lowest BCUT2D eigenvalue weighted by Gasteiger charge is -2.05. The quantitative estimate of drug-likeness (QED) is 0.559. The molecule has 0 aromatic carbocycles. The lowest BCUT2D eigenvalue weighted by Crippen LogP contribution is -2.06. The average Bonchev–Trinajstić information content (AvgIpc) is 2.34. The van der Waals surface area contributed by atoms with E-state index in [4.69, 9.17) is 10.00 Å². The van der Waals surface area contributed by atoms with Gasteiger partial charge in [0.25, 0.3) is 0 Å². The Morgan fingerprint density at radius 1 is 1.44 bits per heavy atom. The first-order chi connectivity index (χ1) is 4.43. The zero-order valence-electron chi connectivity index (χ0n) is 5.47. The topological polar surface area (TPSA) is 33.0 Å². The summed E-state index contributed by atoms with van der Waals surface area (Å²) in [6.07, 6.45) is 5.25. The second-order valence-corrected chi connectivity index (χ2v) is 2.38. The van der Waals surface area contributed by atoms with E-state index in [1.165, 1.54) is 12.8 Å². The molecule has 1 aliphatic carbocycles. The summed E-state index contributed by atoms with van der Waals surface area (Å²) in [6.45, 7) is 0.269. The van der Waals surface area contributed by atoms with E-state index in [1.54, 1.807) is 0 Å². The van der Waals surface area contributed by atoms with Crippen LogP contribution in [-0.4, -0.2) is 12.7 Å². The van der Waals surface area contributed by atoms with Crippen molar-refractivity contribution in [2.24, 2.45) is 0 Å². The number of hydrogen-bond donors (Lipinski definition) is 0. The highest BCUT2D eigenvalue weighted by molar-refractivity contribution is 4.72. The Morgan fingerprint density at radius 2 is 2.11 bits per heavy atom. The van der Waals surface area contributed by atoms with Crippen LogP contribution in [0, 0.1) is 11.3 Å². The van der Waals surface area contributed by atoms with Crippen molar-refractivity contribution in [3.05, 3.63) is 0 Å². The van der Waals surface area contributed by atoms with Gasteiger partial charge < -0.3 is 4.74 Å². The highest BCUT2D eigenvalue weighted by Gasteiger charge is 2.14. The molecule has 0 aromatic rings. The van der Waals surface area contributed by atoms with Gasteiger partial charge in [0.2, 0.25) is 0 Å². The minimum Gasteiger partial charge on any atom is -0.363 e. The molecule has 0 atom stereocenters. The van der Waals surface area contributed by atoms with Crippen LogP contribution in [-0.2, 0) is 4.74 Å². The Morgan fingerprint density at radius 3 is 2.67 bits per heavy atom. The van der Waals surface area contributed by atoms with Gasteiger partial charge in [0, 0.05) is 0 Å². The molecular weight excluding hydrogens is 114 g/mol. The molecule has 1 rings (SSSR count). The Labute approximate surface area is 55.4 Å². The molecule has 0 N–H and O–H groups in total. The van der Waals surface area contributed by atoms with E-state index in [1.807, 2.05) is 6.07 Å². The summed E-state index contributed by atoms with van der Waals surface area (Å²) in [5, 5.41) is 8.15. The maximum absolute atomic E-state index is 8.15. The van der Waals surface area contributed by atoms with Crippen LogP contribution in [0.5, 0.6) is 0 Å². The summed E-state index contributed by atoms with van der Waals surface area (Å²) in [4.78, 5) is 0. The summed E-state index contributed by atoms with van der Waals surface area (Å²) in [5.74, 6) is 0. The fourth-order valence-corrected chi connectivity index (χ4v) is 1.21. The van der Waals surface area contributed by atoms with Crippen LogP contribution in [0.2, 0.25) is 0 Å². The molecule has 0 heterocycles. The summed E-state index contributed by atoms with van der Waals surface area (Å²) in [6, 6.07) is 1.97. The molecule has 2 heteroatoms. The van der Waals surface area contributed by atoms with Gasteiger partial charge in [-0.2, -0.15) is 5.26 Å². The molecule has 1 aliphatic rings. The van der Waals surface area contributed by atoms with E-state index in [-0.39, 0.29) is 6.61 Å². The Hall–Kier alpha value is -0.550. The van der Waals surface area contributed by atoms with Crippen molar-refractivity contribution in [2.75, 3.05) is 6.61 Å². The lowest BCUT2D eigenvalue weighted by atomic mass is 10.3. The molecular formula is C7H11NO. The van der Waals surface area contributed by atoms with Gasteiger partial charge in [0.15, 0.2) is 0 Å². The van der Waals surface area contributed by atoms with Crippen molar-refractivity contribution in [3.8, 4) is 6.07 Å². The number of rotatable bonds is 2. The summed E-state index contributed by atoms with van der Waals surface area (Å²) in [7, 11) is 0. The largest absolute Gasteiger partial charge is 0.363 e. The van der Waals surface area contributed by atoms with Crippen LogP contribution in [0.25, 0.3) is 0 Å². The first-order valence-electron chi connectivity index (χ1n) is 3.42. The Kier molecular flexibility index (Phi) is 2.53. The second kappa shape index (κ2) is 3.47. The minimum absolute atomic E-state index is 0.269. The van der Waals surface area contributed by atoms with Gasteiger partial charge in [-0.15, -0.1) is 0 Å². The van der Waals surface area contributed by atoms with Gasteiger partial charge >= 0.3 is 0 Å². The first-order valence-corrected chi connectivity index (χ1v) is 3.42. The second-order valence-electron chi connectivity index (χ2n) is 2.38. The predicted octanol–water partition coefficient (Wildman–Crippen LogP) is 1.47. The maximum Gasteiger partial charge on any atom is 0.134 e. The van der Waals surface area contributed by atoms with Crippen LogP contribution in [0.15, 0.2) is 0 Å². The molecule has 0 radical (unpaired) electrons. The monoisotopic (exact) mass is 125 g/mol. The van der Waals surface area contributed by atoms with Crippen LogP contribution in [0.1, 0.15) is 25.7 Å². The van der Waals surface area contributed by atoms with Crippen molar-refractivity contribution in [1.29, 1.82) is 5.26 Å². The molecule has 0 spiro atoms. The number of nitrogens with zero attached hydrogens (tertiary/aromatic N) is 1. The van der Waals surface area contributed by atoms with Gasteiger partial charge in [-0.3, -0.25) is 0 Å². The fraction of sp³-hybridized carbons (Fsp3) is 0.857. The lowest BCUT2D eigenvalue weighted by molar-refractivity contribution is 0.0829. The molecule has 0 aliphatic heterocycles. The Bertz CT molecular complexity index is 111. The zero-order valence-corrected chi connectivity index (χ0v) is 5.47. The molecule has 50 valence electrons. The van der Waals surface area contributed by atoms with Crippen molar-refractivity contribution in [3.63, 3.8) is 0 Å². The van der Waals surface area contributed by atoms with Crippen LogP contribution < -0.4 is 0 Å². The van der Waals surface area contributed by atoms with E-state index in [0.29, 0.717) is 6.10 Å². The van der Waals surface area contributed by atoms with Crippen molar-refractivity contribution < 1.29 is 4.74 Å². The van der Waals surface area contributed by atoms with Crippen molar-refractivity contribution in [2.45, 2.75) is 31.8 Å². The van der Waals surface area contributed by atoms with Crippen LogP contribution in [0.3, 0.4) is 0 Å². The normalized spacial score (nSPS) is 19.9. The smallest absolute Gasteiger partial charge is 0.134 e. The third-order valence-corrected chi connectivity index (χ3v) is 1.69. The summed E-state index contributed by atoms with van der Waals surface area (Å²) >= 11 is 0. The van der Waals surface area contributed by atoms with Crippen LogP contribution >= 0.6 is 0 Å². The number of ether oxygens (including phenoxy) is 1. The highest BCUT2D eigenvalue weighted by atomic mass is 16.5. The van der Waals surface area contributed by atoms with Gasteiger partial charge in [-0.1, -0.05) is 12.8 Å². The molecule has 2 nitrogen and oxygen atoms in total. The summed E-state index contributed by atoms with van der Waals surface area (Å²) < 4.78 is 5.19. The van der Waals surface area contributed by atoms with Crippen LogP contribution in [0.4, 0.5) is 0 Å². The molecule has 1 fully saturated rings. The van der Waals surface area contributed by atoms with Crippen molar-refractivity contribution >= 4 is 0 Å². The van der Waals surface area contributed by atoms with Gasteiger partial charge in [0.1, 0.15) is 6.61 Å². The van der Waals surface area contributed by atoms with E-state index in [2.05, 4.69) is 0 Å². The summed E-state index contributed by atoms with van der Waals surface area (Å²) in [5.41, 5.74) is 0. The Balaban J connectivity index is 2.06. The fourth-order valence-electron chi connectivity index (χ4n) is 1.21. The minimum atomic E-state index is 0.269. The predicted molar refractivity (Wildman–Crippen MR) is 33.8 cm³/mol. The molecule has 0 unspecified atom stereocenters. The molecule has 0 aromatic heterocycles. The molecule has 0 bridgehead atoms. The van der Waals surface area contributed by atoms with Gasteiger partial charge in [-0.05, 0) is 12.8 Å². The van der Waals surface area contributed by atoms with E-state index in [9.17, 15) is 0 Å². The average molecular weight is 125 g/mol. The van der Waals surface area contributed by atoms with Gasteiger partial charge in [0.05, 0.1) is 12.2 Å². The maximum atomic E-state index is 8.15. The third kappa shape index (κ3) is 2.03. The van der Waals surface area contributed by atoms with E-state index < -0.39 is 0 Å². The zero-order chi connectivity index (χ0) is 6.53. The first kappa shape index (κ1) is 6.57. The van der Waals surface area contributed by atoms with E-state index in [0.717, 1.165) is 12.8 Å². The highest BCUT2D eigenvalue weighted by Crippen LogP contribution is 2.20. The third-order valence-electron chi connectivity index (χ3n) is 1.69. The number of nitriles is 1. The van der Waals surface area contributed by atoms with Gasteiger partial charge in [-0.25, -0.2) is 0 Å². The molecule has 1 saturated carbocycles. The number of hydrogen-bond acceptors (Lipinski definition) is 2. The standard InChI is InChI=1S/C7H11NO/c8-5-6-9-7-3-1-2-4-7/h7H,1-4,6H2. The van der Waals surface area contributed by atoms with E-state index >= 15 is 0 Å². The molecule has 9 heavy (non-hydrogen) atoms. The van der Waals surface area contributed by atoms with Crippen molar-refractivity contribution in [1.82, 2.24) is 0 Å². The SMILES string of the molecule is N#CCOC1CCCC1.